The third kappa shape index (κ3) is 12.1. The molecule has 0 radical (unpaired) electrons. The summed E-state index contributed by atoms with van der Waals surface area (Å²) in [7, 11) is -2.92. The standard InChI is InChI=1S/C40H52N6O8S/c1-26-22-34(53-4)27(2)28(3)37(26)55(51,52)45-32(24-35(47)43-19-11-14-36(48)54-25-30-12-7-5-8-13-30)39(49)44-33(40(50)46-20-9-6-10-21-46)23-29-15-17-31(18-16-29)38(41)42/h5,7-8,12-13,15-18,22,32-33,45H,6,9-11,14,19-21,23-25H2,1-4H3,(H3,41,42)(H,43,47)(H,44,49)/t32?,33-/m1/s1. The van der Waals surface area contributed by atoms with Crippen molar-refractivity contribution in [2.24, 2.45) is 5.73 Å². The lowest BCUT2D eigenvalue weighted by atomic mass is 10.0. The fourth-order valence-electron chi connectivity index (χ4n) is 6.47. The predicted molar refractivity (Wildman–Crippen MR) is 208 cm³/mol. The van der Waals surface area contributed by atoms with E-state index in [1.165, 1.54) is 7.11 Å². The minimum Gasteiger partial charge on any atom is -0.496 e. The molecule has 0 aliphatic carbocycles. The molecule has 2 atom stereocenters. The molecule has 0 spiro atoms. The number of esters is 1. The summed E-state index contributed by atoms with van der Waals surface area (Å²) in [5.74, 6) is -1.88. The molecule has 3 aromatic rings. The van der Waals surface area contributed by atoms with Crippen LogP contribution in [0.25, 0.3) is 0 Å². The first-order chi connectivity index (χ1) is 26.2. The van der Waals surface area contributed by atoms with Crippen LogP contribution in [0.5, 0.6) is 5.75 Å². The van der Waals surface area contributed by atoms with Crippen molar-refractivity contribution in [3.8, 4) is 5.75 Å². The number of rotatable bonds is 18. The molecule has 1 fully saturated rings. The number of aryl methyl sites for hydroxylation is 1. The number of methoxy groups -OCH3 is 1. The first kappa shape index (κ1) is 42.5. The van der Waals surface area contributed by atoms with Crippen molar-refractivity contribution < 1.29 is 37.1 Å². The van der Waals surface area contributed by atoms with Crippen LogP contribution in [0, 0.1) is 26.2 Å². The van der Waals surface area contributed by atoms with E-state index < -0.39 is 46.3 Å². The van der Waals surface area contributed by atoms with Gasteiger partial charge in [-0.2, -0.15) is 4.72 Å². The lowest BCUT2D eigenvalue weighted by Gasteiger charge is -2.31. The third-order valence-electron chi connectivity index (χ3n) is 9.58. The van der Waals surface area contributed by atoms with E-state index in [0.29, 0.717) is 46.7 Å². The van der Waals surface area contributed by atoms with Crippen molar-refractivity contribution in [1.29, 1.82) is 5.41 Å². The second kappa shape index (κ2) is 19.9. The summed E-state index contributed by atoms with van der Waals surface area (Å²) < 4.78 is 41.3. The molecule has 14 nitrogen and oxygen atoms in total. The highest BCUT2D eigenvalue weighted by Gasteiger charge is 2.34. The molecule has 15 heteroatoms. The molecular weight excluding hydrogens is 725 g/mol. The fraction of sp³-hybridized carbons (Fsp3) is 0.425. The van der Waals surface area contributed by atoms with Gasteiger partial charge in [-0.15, -0.1) is 0 Å². The molecule has 296 valence electrons. The van der Waals surface area contributed by atoms with E-state index in [1.807, 2.05) is 30.3 Å². The Morgan fingerprint density at radius 2 is 1.58 bits per heavy atom. The van der Waals surface area contributed by atoms with Crippen LogP contribution in [-0.2, 0) is 47.0 Å². The van der Waals surface area contributed by atoms with Gasteiger partial charge in [-0.1, -0.05) is 54.6 Å². The molecule has 55 heavy (non-hydrogen) atoms. The van der Waals surface area contributed by atoms with E-state index >= 15 is 0 Å². The summed E-state index contributed by atoms with van der Waals surface area (Å²) in [6, 6.07) is 14.8. The maximum atomic E-state index is 14.1. The van der Waals surface area contributed by atoms with E-state index in [0.717, 1.165) is 24.8 Å². The molecule has 1 aliphatic heterocycles. The third-order valence-corrected chi connectivity index (χ3v) is 11.3. The minimum atomic E-state index is -4.41. The van der Waals surface area contributed by atoms with Gasteiger partial charge in [0.05, 0.1) is 18.4 Å². The highest BCUT2D eigenvalue weighted by Crippen LogP contribution is 2.30. The largest absolute Gasteiger partial charge is 0.496 e. The van der Waals surface area contributed by atoms with E-state index in [4.69, 9.17) is 20.6 Å². The van der Waals surface area contributed by atoms with Gasteiger partial charge in [-0.25, -0.2) is 8.42 Å². The molecule has 0 saturated carbocycles. The minimum absolute atomic E-state index is 0.0344. The summed E-state index contributed by atoms with van der Waals surface area (Å²) in [5.41, 5.74) is 9.02. The Balaban J connectivity index is 1.54. The number of amides is 3. The molecule has 3 aromatic carbocycles. The van der Waals surface area contributed by atoms with E-state index in [9.17, 15) is 27.6 Å². The van der Waals surface area contributed by atoms with Crippen LogP contribution in [0.1, 0.15) is 71.9 Å². The summed E-state index contributed by atoms with van der Waals surface area (Å²) in [5, 5.41) is 13.1. The van der Waals surface area contributed by atoms with Crippen LogP contribution in [0.15, 0.2) is 65.6 Å². The number of hydrogen-bond acceptors (Lipinski definition) is 9. The topological polar surface area (TPSA) is 210 Å². The van der Waals surface area contributed by atoms with Crippen molar-refractivity contribution >= 4 is 39.5 Å². The Hall–Kier alpha value is -5.28. The second-order valence-electron chi connectivity index (χ2n) is 13.7. The lowest BCUT2D eigenvalue weighted by molar-refractivity contribution is -0.145. The van der Waals surface area contributed by atoms with Gasteiger partial charge in [-0.05, 0) is 80.3 Å². The van der Waals surface area contributed by atoms with E-state index in [1.54, 1.807) is 56.0 Å². The maximum absolute atomic E-state index is 14.1. The first-order valence-corrected chi connectivity index (χ1v) is 19.8. The van der Waals surface area contributed by atoms with Gasteiger partial charge in [0.1, 0.15) is 30.3 Å². The molecule has 1 saturated heterocycles. The fourth-order valence-corrected chi connectivity index (χ4v) is 8.19. The quantitative estimate of drug-likeness (QED) is 0.0555. The summed E-state index contributed by atoms with van der Waals surface area (Å²) in [6.07, 6.45) is 2.37. The lowest BCUT2D eigenvalue weighted by Crippen LogP contribution is -2.56. The van der Waals surface area contributed by atoms with Crippen molar-refractivity contribution in [1.82, 2.24) is 20.3 Å². The normalized spacial score (nSPS) is 14.0. The molecule has 1 heterocycles. The molecule has 3 amide bonds. The average molecular weight is 777 g/mol. The van der Waals surface area contributed by atoms with Crippen LogP contribution in [0.3, 0.4) is 0 Å². The van der Waals surface area contributed by atoms with Gasteiger partial charge < -0.3 is 30.7 Å². The Labute approximate surface area is 323 Å². The SMILES string of the molecule is COc1cc(C)c(S(=O)(=O)NC(CC(=O)NCCCC(=O)OCc2ccccc2)C(=O)N[C@H](Cc2ccc(C(=N)N)cc2)C(=O)N2CCCCC2)c(C)c1C. The van der Waals surface area contributed by atoms with Crippen LogP contribution in [0.2, 0.25) is 0 Å². The number of nitrogens with two attached hydrogens (primary N) is 1. The Bertz CT molecular complexity index is 1950. The summed E-state index contributed by atoms with van der Waals surface area (Å²) >= 11 is 0. The summed E-state index contributed by atoms with van der Waals surface area (Å²) in [4.78, 5) is 55.2. The number of likely N-dealkylation sites (tertiary alicyclic amines) is 1. The number of nitrogens with zero attached hydrogens (tertiary/aromatic N) is 1. The Morgan fingerprint density at radius 3 is 2.22 bits per heavy atom. The van der Waals surface area contributed by atoms with Crippen LogP contribution in [0.4, 0.5) is 0 Å². The van der Waals surface area contributed by atoms with E-state index in [2.05, 4.69) is 15.4 Å². The van der Waals surface area contributed by atoms with Crippen molar-refractivity contribution in [3.05, 3.63) is 94.0 Å². The number of nitrogens with one attached hydrogen (secondary N) is 4. The van der Waals surface area contributed by atoms with Gasteiger partial charge in [0.2, 0.25) is 27.7 Å². The molecule has 0 aromatic heterocycles. The van der Waals surface area contributed by atoms with Crippen molar-refractivity contribution in [3.63, 3.8) is 0 Å². The van der Waals surface area contributed by atoms with Crippen LogP contribution < -0.4 is 25.8 Å². The maximum Gasteiger partial charge on any atom is 0.306 e. The number of carbonyl (C=O) groups is 4. The molecule has 1 unspecified atom stereocenters. The van der Waals surface area contributed by atoms with E-state index in [-0.39, 0.29) is 49.1 Å². The zero-order valence-corrected chi connectivity index (χ0v) is 32.7. The monoisotopic (exact) mass is 776 g/mol. The van der Waals surface area contributed by atoms with Gasteiger partial charge in [0.25, 0.3) is 0 Å². The first-order valence-electron chi connectivity index (χ1n) is 18.4. The zero-order chi connectivity index (χ0) is 40.1. The number of hydrogen-bond donors (Lipinski definition) is 5. The molecule has 1 aliphatic rings. The van der Waals surface area contributed by atoms with Gasteiger partial charge in [0, 0.05) is 38.0 Å². The number of carbonyl (C=O) groups excluding carboxylic acids is 4. The summed E-state index contributed by atoms with van der Waals surface area (Å²) in [6.45, 7) is 6.20. The molecule has 4 rings (SSSR count). The number of sulfonamides is 1. The molecule has 0 bridgehead atoms. The number of ether oxygens (including phenoxy) is 2. The average Bonchev–Trinajstić information content (AvgIpc) is 3.17. The van der Waals surface area contributed by atoms with Gasteiger partial charge in [-0.3, -0.25) is 24.6 Å². The Kier molecular flexibility index (Phi) is 15.3. The highest BCUT2D eigenvalue weighted by molar-refractivity contribution is 7.89. The predicted octanol–water partition coefficient (Wildman–Crippen LogP) is 3.32. The van der Waals surface area contributed by atoms with Crippen LogP contribution in [-0.4, -0.2) is 81.7 Å². The molecular formula is C40H52N6O8S. The molecule has 6 N–H and O–H groups in total. The number of piperidine rings is 1. The van der Waals surface area contributed by atoms with Crippen molar-refractivity contribution in [2.75, 3.05) is 26.7 Å². The smallest absolute Gasteiger partial charge is 0.306 e. The number of benzene rings is 3. The van der Waals surface area contributed by atoms with Crippen molar-refractivity contribution in [2.45, 2.75) is 89.3 Å². The highest BCUT2D eigenvalue weighted by atomic mass is 32.2. The Morgan fingerprint density at radius 1 is 0.909 bits per heavy atom. The van der Waals surface area contributed by atoms with Gasteiger partial charge in [0.15, 0.2) is 0 Å². The number of amidine groups is 1. The van der Waals surface area contributed by atoms with Gasteiger partial charge >= 0.3 is 5.97 Å². The zero-order valence-electron chi connectivity index (χ0n) is 31.9. The number of nitrogen functional groups attached to an aromatic ring is 1. The van der Waals surface area contributed by atoms with Crippen LogP contribution >= 0.6 is 0 Å². The second-order valence-corrected chi connectivity index (χ2v) is 15.4.